The van der Waals surface area contributed by atoms with Gasteiger partial charge in [-0.25, -0.2) is 8.42 Å². The van der Waals surface area contributed by atoms with Crippen molar-refractivity contribution in [3.63, 3.8) is 0 Å². The fourth-order valence-electron chi connectivity index (χ4n) is 1.19. The van der Waals surface area contributed by atoms with Gasteiger partial charge < -0.3 is 5.32 Å². The van der Waals surface area contributed by atoms with E-state index in [0.717, 1.165) is 6.26 Å². The van der Waals surface area contributed by atoms with Crippen molar-refractivity contribution in [2.45, 2.75) is 6.42 Å². The van der Waals surface area contributed by atoms with E-state index in [1.54, 1.807) is 0 Å². The van der Waals surface area contributed by atoms with E-state index in [-0.39, 0.29) is 18.7 Å². The molecule has 0 unspecified atom stereocenters. The lowest BCUT2D eigenvalue weighted by molar-refractivity contribution is 0.410. The number of nitrogens with one attached hydrogen (secondary N) is 1. The summed E-state index contributed by atoms with van der Waals surface area (Å²) in [4.78, 5) is 2.38. The number of anilines is 1. The molecule has 0 spiro atoms. The van der Waals surface area contributed by atoms with Crippen LogP contribution in [-0.4, -0.2) is 32.0 Å². The zero-order valence-corrected chi connectivity index (χ0v) is 10.1. The Morgan fingerprint density at radius 1 is 1.11 bits per heavy atom. The van der Waals surface area contributed by atoms with E-state index >= 15 is 0 Å². The quantitative estimate of drug-likeness (QED) is 0.506. The maximum atomic E-state index is 13.1. The van der Waals surface area contributed by atoms with Gasteiger partial charge in [-0.05, 0) is 6.42 Å². The van der Waals surface area contributed by atoms with E-state index in [1.807, 2.05) is 0 Å². The van der Waals surface area contributed by atoms with Crippen molar-refractivity contribution in [3.05, 3.63) is 23.5 Å². The van der Waals surface area contributed by atoms with E-state index < -0.39 is 39.1 Å². The summed E-state index contributed by atoms with van der Waals surface area (Å²) in [7, 11) is -3.20. The summed E-state index contributed by atoms with van der Waals surface area (Å²) in [6, 6.07) is 0. The van der Waals surface area contributed by atoms with Gasteiger partial charge in [0, 0.05) is 12.8 Å². The summed E-state index contributed by atoms with van der Waals surface area (Å²) >= 11 is 0. The molecular weight excluding hydrogens is 276 g/mol. The van der Waals surface area contributed by atoms with Gasteiger partial charge in [-0.1, -0.05) is 0 Å². The normalized spacial score (nSPS) is 11.6. The molecule has 18 heavy (non-hydrogen) atoms. The first-order valence-corrected chi connectivity index (χ1v) is 6.90. The summed E-state index contributed by atoms with van der Waals surface area (Å²) < 4.78 is 73.1. The minimum Gasteiger partial charge on any atom is -0.380 e. The standard InChI is InChI=1S/C9H10F4N2O2S/c1-18(16,17)4-2-3-14-7-5(10)8(12)15-9(13)6(7)11/h2-4H2,1H3,(H,14,15). The monoisotopic (exact) mass is 286 g/mol. The van der Waals surface area contributed by atoms with Crippen LogP contribution in [0.5, 0.6) is 0 Å². The number of halogens is 4. The molecule has 1 rings (SSSR count). The van der Waals surface area contributed by atoms with Crippen molar-refractivity contribution in [2.75, 3.05) is 23.9 Å². The van der Waals surface area contributed by atoms with Crippen molar-refractivity contribution >= 4 is 15.5 Å². The fourth-order valence-corrected chi connectivity index (χ4v) is 1.86. The lowest BCUT2D eigenvalue weighted by Gasteiger charge is -2.08. The molecular formula is C9H10F4N2O2S. The van der Waals surface area contributed by atoms with Crippen LogP contribution in [0.4, 0.5) is 23.2 Å². The Bertz CT molecular complexity index is 522. The molecule has 1 heterocycles. The second-order valence-electron chi connectivity index (χ2n) is 3.61. The van der Waals surface area contributed by atoms with Gasteiger partial charge in [0.05, 0.1) is 5.75 Å². The summed E-state index contributed by atoms with van der Waals surface area (Å²) in [5, 5.41) is 2.10. The largest absolute Gasteiger partial charge is 0.380 e. The predicted molar refractivity (Wildman–Crippen MR) is 56.9 cm³/mol. The molecule has 1 aromatic rings. The number of nitrogens with zero attached hydrogens (tertiary/aromatic N) is 1. The highest BCUT2D eigenvalue weighted by Crippen LogP contribution is 2.21. The third-order valence-electron chi connectivity index (χ3n) is 1.99. The molecule has 4 nitrogen and oxygen atoms in total. The molecule has 1 aromatic heterocycles. The van der Waals surface area contributed by atoms with E-state index in [9.17, 15) is 26.0 Å². The van der Waals surface area contributed by atoms with Gasteiger partial charge in [0.25, 0.3) is 11.9 Å². The average molecular weight is 286 g/mol. The van der Waals surface area contributed by atoms with Gasteiger partial charge in [-0.3, -0.25) is 0 Å². The Morgan fingerprint density at radius 3 is 2.06 bits per heavy atom. The van der Waals surface area contributed by atoms with Crippen LogP contribution >= 0.6 is 0 Å². The van der Waals surface area contributed by atoms with Gasteiger partial charge in [-0.15, -0.1) is 0 Å². The van der Waals surface area contributed by atoms with Crippen molar-refractivity contribution in [1.29, 1.82) is 0 Å². The molecule has 0 saturated carbocycles. The van der Waals surface area contributed by atoms with Gasteiger partial charge in [0.2, 0.25) is 11.6 Å². The highest BCUT2D eigenvalue weighted by Gasteiger charge is 2.20. The first-order valence-electron chi connectivity index (χ1n) is 4.84. The molecule has 0 atom stereocenters. The van der Waals surface area contributed by atoms with Crippen molar-refractivity contribution in [3.8, 4) is 0 Å². The second kappa shape index (κ2) is 5.51. The number of sulfone groups is 1. The maximum Gasteiger partial charge on any atom is 0.253 e. The zero-order chi connectivity index (χ0) is 13.9. The topological polar surface area (TPSA) is 59.1 Å². The smallest absolute Gasteiger partial charge is 0.253 e. The Morgan fingerprint density at radius 2 is 1.61 bits per heavy atom. The number of aromatic nitrogens is 1. The molecule has 0 aromatic carbocycles. The molecule has 102 valence electrons. The molecule has 0 bridgehead atoms. The van der Waals surface area contributed by atoms with Crippen LogP contribution in [0.2, 0.25) is 0 Å². The van der Waals surface area contributed by atoms with Crippen LogP contribution in [-0.2, 0) is 9.84 Å². The minimum atomic E-state index is -3.20. The molecule has 0 aliphatic rings. The minimum absolute atomic E-state index is 0.0449. The molecule has 0 radical (unpaired) electrons. The molecule has 0 amide bonds. The Kier molecular flexibility index (Phi) is 4.49. The predicted octanol–water partition coefficient (Wildman–Crippen LogP) is 1.48. The summed E-state index contributed by atoms with van der Waals surface area (Å²) in [6.45, 7) is -0.149. The summed E-state index contributed by atoms with van der Waals surface area (Å²) in [5.74, 6) is -7.03. The first kappa shape index (κ1) is 14.7. The highest BCUT2D eigenvalue weighted by molar-refractivity contribution is 7.90. The lowest BCUT2D eigenvalue weighted by Crippen LogP contribution is -2.13. The molecule has 0 saturated heterocycles. The molecule has 1 N–H and O–H groups in total. The second-order valence-corrected chi connectivity index (χ2v) is 5.87. The number of hydrogen-bond donors (Lipinski definition) is 1. The third-order valence-corrected chi connectivity index (χ3v) is 3.02. The van der Waals surface area contributed by atoms with Crippen LogP contribution in [0.15, 0.2) is 0 Å². The van der Waals surface area contributed by atoms with Gasteiger partial charge in [-0.2, -0.15) is 22.5 Å². The van der Waals surface area contributed by atoms with Crippen molar-refractivity contribution in [1.82, 2.24) is 4.98 Å². The van der Waals surface area contributed by atoms with Gasteiger partial charge >= 0.3 is 0 Å². The van der Waals surface area contributed by atoms with Crippen LogP contribution in [0.1, 0.15) is 6.42 Å². The number of hydrogen-bond acceptors (Lipinski definition) is 4. The van der Waals surface area contributed by atoms with Gasteiger partial charge in [0.15, 0.2) is 0 Å². The van der Waals surface area contributed by atoms with Crippen molar-refractivity contribution < 1.29 is 26.0 Å². The Hall–Kier alpha value is -1.38. The van der Waals surface area contributed by atoms with Crippen LogP contribution in [0.25, 0.3) is 0 Å². The van der Waals surface area contributed by atoms with E-state index in [2.05, 4.69) is 10.3 Å². The highest BCUT2D eigenvalue weighted by atomic mass is 32.2. The van der Waals surface area contributed by atoms with E-state index in [0.29, 0.717) is 0 Å². The van der Waals surface area contributed by atoms with Crippen molar-refractivity contribution in [2.24, 2.45) is 0 Å². The van der Waals surface area contributed by atoms with Crippen LogP contribution < -0.4 is 5.32 Å². The molecule has 9 heteroatoms. The summed E-state index contributed by atoms with van der Waals surface area (Å²) in [5.41, 5.74) is -0.992. The Balaban J connectivity index is 2.74. The molecule has 0 fully saturated rings. The van der Waals surface area contributed by atoms with Crippen LogP contribution in [0.3, 0.4) is 0 Å². The fraction of sp³-hybridized carbons (Fsp3) is 0.444. The molecule has 0 aliphatic carbocycles. The SMILES string of the molecule is CS(=O)(=O)CCCNc1c(F)c(F)nc(F)c1F. The number of rotatable bonds is 5. The van der Waals surface area contributed by atoms with E-state index in [4.69, 9.17) is 0 Å². The summed E-state index contributed by atoms with van der Waals surface area (Å²) in [6.07, 6.45) is 1.04. The maximum absolute atomic E-state index is 13.1. The first-order chi connectivity index (χ1) is 8.22. The Labute approximate surface area is 101 Å². The number of pyridine rings is 1. The third kappa shape index (κ3) is 3.83. The zero-order valence-electron chi connectivity index (χ0n) is 9.31. The average Bonchev–Trinajstić information content (AvgIpc) is 2.24. The van der Waals surface area contributed by atoms with Crippen LogP contribution in [0, 0.1) is 23.5 Å². The van der Waals surface area contributed by atoms with Gasteiger partial charge in [0.1, 0.15) is 15.5 Å². The lowest BCUT2D eigenvalue weighted by atomic mass is 10.3. The van der Waals surface area contributed by atoms with E-state index in [1.165, 1.54) is 0 Å². The molecule has 0 aliphatic heterocycles.